The summed E-state index contributed by atoms with van der Waals surface area (Å²) in [5.74, 6) is -0.249. The van der Waals surface area contributed by atoms with Crippen LogP contribution < -0.4 is 10.0 Å². The zero-order chi connectivity index (χ0) is 23.6. The number of carbonyl (C=O) groups excluding carboxylic acids is 1. The van der Waals surface area contributed by atoms with Gasteiger partial charge in [-0.2, -0.15) is 4.31 Å². The molecular formula is C23H23N3O5S2. The van der Waals surface area contributed by atoms with Crippen LogP contribution in [0.25, 0.3) is 0 Å². The van der Waals surface area contributed by atoms with E-state index in [1.54, 1.807) is 42.5 Å². The lowest BCUT2D eigenvalue weighted by Crippen LogP contribution is -2.36. The maximum absolute atomic E-state index is 13.0. The van der Waals surface area contributed by atoms with Crippen LogP contribution >= 0.6 is 0 Å². The molecule has 3 aromatic carbocycles. The molecule has 4 rings (SSSR count). The van der Waals surface area contributed by atoms with Crippen LogP contribution in [-0.4, -0.2) is 33.6 Å². The molecule has 10 heteroatoms. The van der Waals surface area contributed by atoms with Crippen molar-refractivity contribution in [1.82, 2.24) is 4.31 Å². The van der Waals surface area contributed by atoms with Crippen LogP contribution in [-0.2, 0) is 37.8 Å². The Labute approximate surface area is 193 Å². The highest BCUT2D eigenvalue weighted by Crippen LogP contribution is 2.28. The summed E-state index contributed by atoms with van der Waals surface area (Å²) < 4.78 is 55.5. The van der Waals surface area contributed by atoms with E-state index in [1.807, 2.05) is 6.07 Å². The van der Waals surface area contributed by atoms with E-state index in [-0.39, 0.29) is 22.2 Å². The van der Waals surface area contributed by atoms with Gasteiger partial charge in [-0.05, 0) is 66.1 Å². The van der Waals surface area contributed by atoms with E-state index >= 15 is 0 Å². The Morgan fingerprint density at radius 3 is 2.15 bits per heavy atom. The van der Waals surface area contributed by atoms with Gasteiger partial charge in [0.2, 0.25) is 15.9 Å². The van der Waals surface area contributed by atoms with Crippen LogP contribution in [0.3, 0.4) is 0 Å². The van der Waals surface area contributed by atoms with Gasteiger partial charge in [-0.15, -0.1) is 0 Å². The molecule has 33 heavy (non-hydrogen) atoms. The van der Waals surface area contributed by atoms with Gasteiger partial charge in [-0.3, -0.25) is 9.52 Å². The molecule has 8 nitrogen and oxygen atoms in total. The summed E-state index contributed by atoms with van der Waals surface area (Å²) in [7, 11) is -7.51. The van der Waals surface area contributed by atoms with Crippen LogP contribution in [0.1, 0.15) is 18.1 Å². The minimum Gasteiger partial charge on any atom is -0.326 e. The second-order valence-electron chi connectivity index (χ2n) is 7.70. The molecule has 1 amide bonds. The van der Waals surface area contributed by atoms with Crippen LogP contribution in [0.15, 0.2) is 82.6 Å². The van der Waals surface area contributed by atoms with Crippen LogP contribution in [0.2, 0.25) is 0 Å². The Morgan fingerprint density at radius 2 is 1.48 bits per heavy atom. The largest absolute Gasteiger partial charge is 0.326 e. The Hall–Kier alpha value is -3.21. The van der Waals surface area contributed by atoms with Crippen molar-refractivity contribution in [3.8, 4) is 0 Å². The van der Waals surface area contributed by atoms with Gasteiger partial charge >= 0.3 is 0 Å². The average Bonchev–Trinajstić information content (AvgIpc) is 2.79. The third kappa shape index (κ3) is 5.08. The van der Waals surface area contributed by atoms with Gasteiger partial charge in [0.1, 0.15) is 0 Å². The molecule has 0 fully saturated rings. The van der Waals surface area contributed by atoms with E-state index in [0.29, 0.717) is 24.3 Å². The molecule has 2 N–H and O–H groups in total. The predicted molar refractivity (Wildman–Crippen MR) is 126 cm³/mol. The Bertz CT molecular complexity index is 1390. The third-order valence-electron chi connectivity index (χ3n) is 5.30. The molecule has 0 spiro atoms. The minimum atomic E-state index is -3.86. The second-order valence-corrected chi connectivity index (χ2v) is 11.3. The van der Waals surface area contributed by atoms with Gasteiger partial charge in [-0.25, -0.2) is 16.8 Å². The van der Waals surface area contributed by atoms with E-state index in [9.17, 15) is 21.6 Å². The lowest BCUT2D eigenvalue weighted by molar-refractivity contribution is -0.114. The van der Waals surface area contributed by atoms with Crippen LogP contribution in [0.5, 0.6) is 0 Å². The Balaban J connectivity index is 1.54. The number of amides is 1. The first-order valence-corrected chi connectivity index (χ1v) is 13.1. The monoisotopic (exact) mass is 485 g/mol. The van der Waals surface area contributed by atoms with Gasteiger partial charge in [0.15, 0.2) is 0 Å². The van der Waals surface area contributed by atoms with Crippen molar-refractivity contribution in [2.24, 2.45) is 0 Å². The fraction of sp³-hybridized carbons (Fsp3) is 0.174. The first-order valence-electron chi connectivity index (χ1n) is 10.2. The molecule has 0 aliphatic carbocycles. The average molecular weight is 486 g/mol. The molecule has 0 saturated heterocycles. The van der Waals surface area contributed by atoms with Gasteiger partial charge in [0, 0.05) is 31.4 Å². The summed E-state index contributed by atoms with van der Waals surface area (Å²) >= 11 is 0. The van der Waals surface area contributed by atoms with Crippen molar-refractivity contribution in [3.05, 3.63) is 83.9 Å². The first-order chi connectivity index (χ1) is 15.6. The molecule has 0 unspecified atom stereocenters. The van der Waals surface area contributed by atoms with Gasteiger partial charge in [-0.1, -0.05) is 24.3 Å². The highest BCUT2D eigenvalue weighted by atomic mass is 32.2. The first kappa shape index (κ1) is 23.0. The van der Waals surface area contributed by atoms with Crippen molar-refractivity contribution < 1.29 is 21.6 Å². The standard InChI is InChI=1S/C23H23N3O5S2/c1-17(27)24-20-9-11-22(12-10-20)32(28,29)25-21-8-7-18-13-14-26(16-19(18)15-21)33(30,31)23-5-3-2-4-6-23/h2-12,15,25H,13-14,16H2,1H3,(H,24,27). The molecular weight excluding hydrogens is 462 g/mol. The lowest BCUT2D eigenvalue weighted by Gasteiger charge is -2.28. The van der Waals surface area contributed by atoms with Crippen LogP contribution in [0, 0.1) is 0 Å². The van der Waals surface area contributed by atoms with Gasteiger partial charge < -0.3 is 5.32 Å². The number of nitrogens with one attached hydrogen (secondary N) is 2. The molecule has 0 bridgehead atoms. The third-order valence-corrected chi connectivity index (χ3v) is 8.56. The molecule has 0 radical (unpaired) electrons. The van der Waals surface area contributed by atoms with Crippen molar-refractivity contribution in [2.45, 2.75) is 29.7 Å². The molecule has 0 atom stereocenters. The summed E-state index contributed by atoms with van der Waals surface area (Å²) in [6.07, 6.45) is 0.541. The summed E-state index contributed by atoms with van der Waals surface area (Å²) in [4.78, 5) is 11.4. The number of fused-ring (bicyclic) bond motifs is 1. The minimum absolute atomic E-state index is 0.0441. The number of rotatable bonds is 6. The molecule has 1 heterocycles. The molecule has 0 saturated carbocycles. The quantitative estimate of drug-likeness (QED) is 0.557. The van der Waals surface area contributed by atoms with Crippen molar-refractivity contribution in [3.63, 3.8) is 0 Å². The Morgan fingerprint density at radius 1 is 0.818 bits per heavy atom. The smallest absolute Gasteiger partial charge is 0.261 e. The van der Waals surface area contributed by atoms with Crippen molar-refractivity contribution in [1.29, 1.82) is 0 Å². The normalized spacial score (nSPS) is 14.3. The number of hydrogen-bond acceptors (Lipinski definition) is 5. The number of carbonyl (C=O) groups is 1. The van der Waals surface area contributed by atoms with Crippen molar-refractivity contribution >= 4 is 37.3 Å². The maximum atomic E-state index is 13.0. The highest BCUT2D eigenvalue weighted by molar-refractivity contribution is 7.92. The SMILES string of the molecule is CC(=O)Nc1ccc(S(=O)(=O)Nc2ccc3c(c2)CN(S(=O)(=O)c2ccccc2)CC3)cc1. The maximum Gasteiger partial charge on any atom is 0.261 e. The number of nitrogens with zero attached hydrogens (tertiary/aromatic N) is 1. The van der Waals surface area contributed by atoms with Crippen molar-refractivity contribution in [2.75, 3.05) is 16.6 Å². The molecule has 1 aliphatic heterocycles. The number of sulfonamides is 2. The van der Waals surface area contributed by atoms with E-state index in [0.717, 1.165) is 11.1 Å². The summed E-state index contributed by atoms with van der Waals surface area (Å²) in [5.41, 5.74) is 2.58. The molecule has 1 aliphatic rings. The number of benzene rings is 3. The summed E-state index contributed by atoms with van der Waals surface area (Å²) in [6.45, 7) is 1.89. The summed E-state index contributed by atoms with van der Waals surface area (Å²) in [5, 5.41) is 2.59. The molecule has 3 aromatic rings. The van der Waals surface area contributed by atoms with Gasteiger partial charge in [0.05, 0.1) is 9.79 Å². The van der Waals surface area contributed by atoms with Gasteiger partial charge in [0.25, 0.3) is 10.0 Å². The lowest BCUT2D eigenvalue weighted by atomic mass is 10.0. The second kappa shape index (κ2) is 8.97. The zero-order valence-corrected chi connectivity index (χ0v) is 19.5. The fourth-order valence-electron chi connectivity index (χ4n) is 3.68. The molecule has 172 valence electrons. The fourth-order valence-corrected chi connectivity index (χ4v) is 6.17. The van der Waals surface area contributed by atoms with E-state index in [2.05, 4.69) is 10.0 Å². The predicted octanol–water partition coefficient (Wildman–Crippen LogP) is 3.19. The van der Waals surface area contributed by atoms with Crippen LogP contribution in [0.4, 0.5) is 11.4 Å². The Kier molecular flexibility index (Phi) is 6.24. The zero-order valence-electron chi connectivity index (χ0n) is 17.9. The number of hydrogen-bond donors (Lipinski definition) is 2. The highest BCUT2D eigenvalue weighted by Gasteiger charge is 2.28. The van der Waals surface area contributed by atoms with E-state index in [4.69, 9.17) is 0 Å². The van der Waals surface area contributed by atoms with E-state index in [1.165, 1.54) is 35.5 Å². The number of anilines is 2. The van der Waals surface area contributed by atoms with E-state index < -0.39 is 20.0 Å². The summed E-state index contributed by atoms with van der Waals surface area (Å²) in [6, 6.07) is 19.2. The molecule has 0 aromatic heterocycles. The topological polar surface area (TPSA) is 113 Å².